The first kappa shape index (κ1) is 20.0. The second kappa shape index (κ2) is 8.52. The lowest BCUT2D eigenvalue weighted by atomic mass is 10.1. The first-order valence-corrected chi connectivity index (χ1v) is 9.04. The van der Waals surface area contributed by atoms with Gasteiger partial charge >= 0.3 is 5.97 Å². The molecule has 148 valence electrons. The number of ether oxygens (including phenoxy) is 1. The van der Waals surface area contributed by atoms with Crippen LogP contribution in [0.2, 0.25) is 0 Å². The molecule has 1 heterocycles. The Labute approximate surface area is 169 Å². The molecular formula is C22H22N4O3. The molecule has 0 fully saturated rings. The second-order valence-corrected chi connectivity index (χ2v) is 6.71. The van der Waals surface area contributed by atoms with E-state index in [0.717, 1.165) is 16.8 Å². The first-order valence-electron chi connectivity index (χ1n) is 9.04. The Morgan fingerprint density at radius 2 is 1.59 bits per heavy atom. The first-order chi connectivity index (χ1) is 13.9. The smallest absolute Gasteiger partial charge is 0.337 e. The van der Waals surface area contributed by atoms with Crippen molar-refractivity contribution < 1.29 is 14.3 Å². The molecule has 0 radical (unpaired) electrons. The summed E-state index contributed by atoms with van der Waals surface area (Å²) in [5.74, 6) is -0.271. The van der Waals surface area contributed by atoms with Gasteiger partial charge in [-0.05, 0) is 56.2 Å². The number of rotatable bonds is 5. The van der Waals surface area contributed by atoms with Crippen molar-refractivity contribution in [3.05, 3.63) is 76.7 Å². The summed E-state index contributed by atoms with van der Waals surface area (Å²) in [5.41, 5.74) is 5.53. The van der Waals surface area contributed by atoms with Crippen molar-refractivity contribution in [2.24, 2.45) is 0 Å². The molecular weight excluding hydrogens is 368 g/mol. The van der Waals surface area contributed by atoms with Gasteiger partial charge in [0.05, 0.1) is 25.1 Å². The van der Waals surface area contributed by atoms with Crippen LogP contribution in [-0.4, -0.2) is 29.0 Å². The number of methoxy groups -OCH3 is 1. The molecule has 2 aromatic carbocycles. The number of esters is 1. The van der Waals surface area contributed by atoms with Gasteiger partial charge in [0.15, 0.2) is 0 Å². The van der Waals surface area contributed by atoms with Crippen LogP contribution in [0.1, 0.15) is 37.5 Å². The van der Waals surface area contributed by atoms with Crippen molar-refractivity contribution in [1.29, 1.82) is 0 Å². The molecule has 1 amide bonds. The molecule has 29 heavy (non-hydrogen) atoms. The van der Waals surface area contributed by atoms with E-state index in [-0.39, 0.29) is 5.69 Å². The fourth-order valence-electron chi connectivity index (χ4n) is 3.02. The van der Waals surface area contributed by atoms with Crippen LogP contribution >= 0.6 is 0 Å². The highest BCUT2D eigenvalue weighted by Gasteiger charge is 2.11. The maximum Gasteiger partial charge on any atom is 0.337 e. The van der Waals surface area contributed by atoms with Crippen LogP contribution in [0, 0.1) is 20.8 Å². The summed E-state index contributed by atoms with van der Waals surface area (Å²) >= 11 is 0. The Morgan fingerprint density at radius 3 is 2.14 bits per heavy atom. The van der Waals surface area contributed by atoms with Gasteiger partial charge in [0.2, 0.25) is 0 Å². The van der Waals surface area contributed by atoms with E-state index in [1.165, 1.54) is 25.1 Å². The van der Waals surface area contributed by atoms with Gasteiger partial charge < -0.3 is 15.4 Å². The number of amides is 1. The summed E-state index contributed by atoms with van der Waals surface area (Å²) in [6.45, 7) is 6.12. The molecule has 7 nitrogen and oxygen atoms in total. The molecule has 0 spiro atoms. The molecule has 0 bridgehead atoms. The summed E-state index contributed by atoms with van der Waals surface area (Å²) in [5, 5.41) is 5.98. The maximum atomic E-state index is 12.4. The fraction of sp³-hybridized carbons (Fsp3) is 0.182. The maximum absolute atomic E-state index is 12.4. The third kappa shape index (κ3) is 4.76. The van der Waals surface area contributed by atoms with Gasteiger partial charge in [-0.2, -0.15) is 0 Å². The predicted octanol–water partition coefficient (Wildman–Crippen LogP) is 4.18. The molecule has 0 aliphatic heterocycles. The van der Waals surface area contributed by atoms with Crippen molar-refractivity contribution in [3.63, 3.8) is 0 Å². The van der Waals surface area contributed by atoms with E-state index in [1.807, 2.05) is 13.8 Å². The van der Waals surface area contributed by atoms with Crippen molar-refractivity contribution in [3.8, 4) is 0 Å². The summed E-state index contributed by atoms with van der Waals surface area (Å²) in [6, 6.07) is 10.6. The highest BCUT2D eigenvalue weighted by molar-refractivity contribution is 6.03. The summed E-state index contributed by atoms with van der Waals surface area (Å²) in [6.07, 6.45) is 2.94. The number of anilines is 3. The SMILES string of the molecule is COC(=O)c1ccc(NC(=O)c2cnc(Nc3c(C)cc(C)cc3C)cn2)cc1. The Kier molecular flexibility index (Phi) is 5.87. The lowest BCUT2D eigenvalue weighted by molar-refractivity contribution is 0.0600. The Hall–Kier alpha value is -3.74. The van der Waals surface area contributed by atoms with Crippen LogP contribution in [0.25, 0.3) is 0 Å². The molecule has 1 aromatic heterocycles. The average molecular weight is 390 g/mol. The number of nitrogens with zero attached hydrogens (tertiary/aromatic N) is 2. The van der Waals surface area contributed by atoms with E-state index < -0.39 is 11.9 Å². The van der Waals surface area contributed by atoms with Crippen LogP contribution < -0.4 is 10.6 Å². The van der Waals surface area contributed by atoms with Gasteiger partial charge in [-0.25, -0.2) is 14.8 Å². The zero-order chi connectivity index (χ0) is 21.0. The van der Waals surface area contributed by atoms with E-state index in [0.29, 0.717) is 17.1 Å². The number of carbonyl (C=O) groups is 2. The Balaban J connectivity index is 1.68. The molecule has 3 rings (SSSR count). The van der Waals surface area contributed by atoms with Gasteiger partial charge in [-0.15, -0.1) is 0 Å². The minimum Gasteiger partial charge on any atom is -0.465 e. The number of aryl methyl sites for hydroxylation is 3. The van der Waals surface area contributed by atoms with E-state index in [2.05, 4.69) is 44.4 Å². The number of carbonyl (C=O) groups excluding carboxylic acids is 2. The zero-order valence-electron chi connectivity index (χ0n) is 16.7. The highest BCUT2D eigenvalue weighted by Crippen LogP contribution is 2.24. The van der Waals surface area contributed by atoms with Crippen LogP contribution in [0.15, 0.2) is 48.8 Å². The minimum atomic E-state index is -0.434. The van der Waals surface area contributed by atoms with Crippen molar-refractivity contribution in [2.75, 3.05) is 17.7 Å². The molecule has 0 atom stereocenters. The van der Waals surface area contributed by atoms with Gasteiger partial charge in [-0.1, -0.05) is 17.7 Å². The molecule has 0 saturated carbocycles. The average Bonchev–Trinajstić information content (AvgIpc) is 2.71. The van der Waals surface area contributed by atoms with Gasteiger partial charge in [-0.3, -0.25) is 4.79 Å². The van der Waals surface area contributed by atoms with Gasteiger partial charge in [0, 0.05) is 11.4 Å². The number of hydrogen-bond donors (Lipinski definition) is 2. The highest BCUT2D eigenvalue weighted by atomic mass is 16.5. The molecule has 3 aromatic rings. The second-order valence-electron chi connectivity index (χ2n) is 6.71. The van der Waals surface area contributed by atoms with Crippen LogP contribution in [0.4, 0.5) is 17.2 Å². The zero-order valence-corrected chi connectivity index (χ0v) is 16.7. The monoisotopic (exact) mass is 390 g/mol. The number of benzene rings is 2. The summed E-state index contributed by atoms with van der Waals surface area (Å²) < 4.78 is 4.65. The lowest BCUT2D eigenvalue weighted by Gasteiger charge is -2.13. The minimum absolute atomic E-state index is 0.185. The van der Waals surface area contributed by atoms with E-state index in [4.69, 9.17) is 0 Å². The quantitative estimate of drug-likeness (QED) is 0.635. The molecule has 0 saturated heterocycles. The largest absolute Gasteiger partial charge is 0.465 e. The molecule has 0 unspecified atom stereocenters. The van der Waals surface area contributed by atoms with E-state index >= 15 is 0 Å². The third-order valence-corrected chi connectivity index (χ3v) is 4.38. The lowest BCUT2D eigenvalue weighted by Crippen LogP contribution is -2.14. The molecule has 0 aliphatic rings. The van der Waals surface area contributed by atoms with E-state index in [1.54, 1.807) is 24.3 Å². The van der Waals surface area contributed by atoms with Gasteiger partial charge in [0.1, 0.15) is 11.5 Å². The van der Waals surface area contributed by atoms with Crippen molar-refractivity contribution in [2.45, 2.75) is 20.8 Å². The topological polar surface area (TPSA) is 93.2 Å². The van der Waals surface area contributed by atoms with Crippen LogP contribution in [0.3, 0.4) is 0 Å². The van der Waals surface area contributed by atoms with Crippen molar-refractivity contribution >= 4 is 29.1 Å². The predicted molar refractivity (Wildman–Crippen MR) is 112 cm³/mol. The molecule has 0 aliphatic carbocycles. The summed E-state index contributed by atoms with van der Waals surface area (Å²) in [4.78, 5) is 32.3. The fourth-order valence-corrected chi connectivity index (χ4v) is 3.02. The number of nitrogens with one attached hydrogen (secondary N) is 2. The molecule has 7 heteroatoms. The number of hydrogen-bond acceptors (Lipinski definition) is 6. The van der Waals surface area contributed by atoms with Crippen LogP contribution in [-0.2, 0) is 4.74 Å². The van der Waals surface area contributed by atoms with Gasteiger partial charge in [0.25, 0.3) is 5.91 Å². The van der Waals surface area contributed by atoms with E-state index in [9.17, 15) is 9.59 Å². The van der Waals surface area contributed by atoms with Crippen molar-refractivity contribution in [1.82, 2.24) is 9.97 Å². The number of aromatic nitrogens is 2. The summed E-state index contributed by atoms with van der Waals surface area (Å²) in [7, 11) is 1.32. The van der Waals surface area contributed by atoms with Crippen LogP contribution in [0.5, 0.6) is 0 Å². The standard InChI is InChI=1S/C22H22N4O3/c1-13-9-14(2)20(15(3)10-13)26-19-12-23-18(11-24-19)21(27)25-17-7-5-16(6-8-17)22(28)29-4/h5-12H,1-4H3,(H,24,26)(H,25,27). The normalized spacial score (nSPS) is 10.3. The third-order valence-electron chi connectivity index (χ3n) is 4.38. The Morgan fingerprint density at radius 1 is 0.931 bits per heavy atom. The Bertz CT molecular complexity index is 1020. The molecule has 2 N–H and O–H groups in total.